The standard InChI is InChI=1S/C15H29N5O2/c1-11(8-17-13(21)22-15(5,6)7)16-9-12-10-20(19-18-12)14(2,3)4/h10-11,16H,8-9H2,1-7H3,(H,17,21). The summed E-state index contributed by atoms with van der Waals surface area (Å²) in [4.78, 5) is 11.6. The van der Waals surface area contributed by atoms with Crippen molar-refractivity contribution in [3.63, 3.8) is 0 Å². The minimum absolute atomic E-state index is 0.0743. The fourth-order valence-electron chi connectivity index (χ4n) is 1.61. The van der Waals surface area contributed by atoms with Gasteiger partial charge < -0.3 is 15.4 Å². The van der Waals surface area contributed by atoms with E-state index in [9.17, 15) is 4.79 Å². The van der Waals surface area contributed by atoms with Crippen LogP contribution in [-0.4, -0.2) is 39.3 Å². The molecule has 1 amide bonds. The molecular formula is C15H29N5O2. The number of alkyl carbamates (subject to hydrolysis) is 1. The minimum Gasteiger partial charge on any atom is -0.444 e. The molecule has 1 aromatic heterocycles. The van der Waals surface area contributed by atoms with Crippen molar-refractivity contribution in [1.82, 2.24) is 25.6 Å². The maximum Gasteiger partial charge on any atom is 0.407 e. The van der Waals surface area contributed by atoms with Gasteiger partial charge in [-0.05, 0) is 48.5 Å². The van der Waals surface area contributed by atoms with Crippen LogP contribution < -0.4 is 10.6 Å². The molecule has 126 valence electrons. The van der Waals surface area contributed by atoms with Gasteiger partial charge in [0.15, 0.2) is 0 Å². The second-order valence-corrected chi connectivity index (χ2v) is 7.49. The number of rotatable bonds is 5. The van der Waals surface area contributed by atoms with E-state index in [4.69, 9.17) is 4.74 Å². The molecule has 1 unspecified atom stereocenters. The molecular weight excluding hydrogens is 282 g/mol. The summed E-state index contributed by atoms with van der Waals surface area (Å²) in [6, 6.07) is 0.104. The summed E-state index contributed by atoms with van der Waals surface area (Å²) in [5.74, 6) is 0. The number of hydrogen-bond acceptors (Lipinski definition) is 5. The first-order chi connectivity index (χ1) is 9.97. The molecule has 0 fully saturated rings. The van der Waals surface area contributed by atoms with Crippen molar-refractivity contribution >= 4 is 6.09 Å². The monoisotopic (exact) mass is 311 g/mol. The predicted octanol–water partition coefficient (Wildman–Crippen LogP) is 2.04. The van der Waals surface area contributed by atoms with E-state index >= 15 is 0 Å². The third-order valence-electron chi connectivity index (χ3n) is 2.81. The molecule has 7 nitrogen and oxygen atoms in total. The van der Waals surface area contributed by atoms with Crippen LogP contribution in [0.25, 0.3) is 0 Å². The lowest BCUT2D eigenvalue weighted by atomic mass is 10.1. The summed E-state index contributed by atoms with van der Waals surface area (Å²) in [6.07, 6.45) is 1.53. The molecule has 0 aliphatic carbocycles. The molecule has 22 heavy (non-hydrogen) atoms. The molecule has 0 aliphatic heterocycles. The Labute approximate surface area is 132 Å². The van der Waals surface area contributed by atoms with Crippen molar-refractivity contribution in [2.75, 3.05) is 6.54 Å². The zero-order chi connectivity index (χ0) is 17.0. The van der Waals surface area contributed by atoms with Crippen LogP contribution in [0.15, 0.2) is 6.20 Å². The highest BCUT2D eigenvalue weighted by Gasteiger charge is 2.17. The smallest absolute Gasteiger partial charge is 0.407 e. The Morgan fingerprint density at radius 3 is 2.45 bits per heavy atom. The van der Waals surface area contributed by atoms with Crippen LogP contribution in [0.5, 0.6) is 0 Å². The number of carbonyl (C=O) groups is 1. The third-order valence-corrected chi connectivity index (χ3v) is 2.81. The van der Waals surface area contributed by atoms with Crippen molar-refractivity contribution < 1.29 is 9.53 Å². The van der Waals surface area contributed by atoms with E-state index in [0.717, 1.165) is 5.69 Å². The number of ether oxygens (including phenoxy) is 1. The highest BCUT2D eigenvalue weighted by Crippen LogP contribution is 2.11. The number of hydrogen-bond donors (Lipinski definition) is 2. The Balaban J connectivity index is 2.33. The Kier molecular flexibility index (Phi) is 5.93. The van der Waals surface area contributed by atoms with Gasteiger partial charge in [-0.2, -0.15) is 0 Å². The average Bonchev–Trinajstić information content (AvgIpc) is 2.80. The van der Waals surface area contributed by atoms with Crippen LogP contribution in [0.4, 0.5) is 4.79 Å². The molecule has 2 N–H and O–H groups in total. The average molecular weight is 311 g/mol. The number of carbonyl (C=O) groups excluding carboxylic acids is 1. The van der Waals surface area contributed by atoms with Crippen molar-refractivity contribution in [1.29, 1.82) is 0 Å². The topological polar surface area (TPSA) is 81.1 Å². The zero-order valence-corrected chi connectivity index (χ0v) is 14.7. The molecule has 0 bridgehead atoms. The van der Waals surface area contributed by atoms with Crippen LogP contribution in [0.3, 0.4) is 0 Å². The van der Waals surface area contributed by atoms with Crippen molar-refractivity contribution in [2.24, 2.45) is 0 Å². The van der Waals surface area contributed by atoms with Gasteiger partial charge in [-0.15, -0.1) is 5.10 Å². The summed E-state index contributed by atoms with van der Waals surface area (Å²) in [7, 11) is 0. The van der Waals surface area contributed by atoms with Gasteiger partial charge in [0, 0.05) is 19.1 Å². The summed E-state index contributed by atoms with van der Waals surface area (Å²) in [5.41, 5.74) is 0.320. The molecule has 0 radical (unpaired) electrons. The van der Waals surface area contributed by atoms with E-state index in [2.05, 4.69) is 41.7 Å². The van der Waals surface area contributed by atoms with E-state index in [0.29, 0.717) is 13.1 Å². The van der Waals surface area contributed by atoms with E-state index < -0.39 is 11.7 Å². The second-order valence-electron chi connectivity index (χ2n) is 7.49. The van der Waals surface area contributed by atoms with E-state index in [1.807, 2.05) is 38.6 Å². The Hall–Kier alpha value is -1.63. The maximum atomic E-state index is 11.6. The lowest BCUT2D eigenvalue weighted by molar-refractivity contribution is 0.0523. The van der Waals surface area contributed by atoms with Gasteiger partial charge in [-0.3, -0.25) is 0 Å². The summed E-state index contributed by atoms with van der Waals surface area (Å²) in [6.45, 7) is 14.8. The van der Waals surface area contributed by atoms with Gasteiger partial charge in [-0.25, -0.2) is 9.48 Å². The van der Waals surface area contributed by atoms with Gasteiger partial charge in [0.05, 0.1) is 17.4 Å². The third kappa shape index (κ3) is 6.89. The molecule has 0 saturated carbocycles. The minimum atomic E-state index is -0.480. The Bertz CT molecular complexity index is 485. The normalized spacial score (nSPS) is 13.8. The van der Waals surface area contributed by atoms with Crippen LogP contribution in [0, 0.1) is 0 Å². The Morgan fingerprint density at radius 2 is 1.95 bits per heavy atom. The molecule has 1 aromatic rings. The highest BCUT2D eigenvalue weighted by atomic mass is 16.6. The number of nitrogens with zero attached hydrogens (tertiary/aromatic N) is 3. The van der Waals surface area contributed by atoms with E-state index in [1.165, 1.54) is 0 Å². The van der Waals surface area contributed by atoms with Crippen LogP contribution in [0.2, 0.25) is 0 Å². The predicted molar refractivity (Wildman–Crippen MR) is 85.6 cm³/mol. The summed E-state index contributed by atoms with van der Waals surface area (Å²) < 4.78 is 7.03. The van der Waals surface area contributed by atoms with Crippen LogP contribution >= 0.6 is 0 Å². The summed E-state index contributed by atoms with van der Waals surface area (Å²) in [5, 5.41) is 14.3. The zero-order valence-electron chi connectivity index (χ0n) is 14.7. The molecule has 7 heteroatoms. The molecule has 0 aliphatic rings. The molecule has 1 rings (SSSR count). The van der Waals surface area contributed by atoms with Gasteiger partial charge >= 0.3 is 6.09 Å². The molecule has 1 heterocycles. The van der Waals surface area contributed by atoms with Crippen molar-refractivity contribution in [2.45, 2.75) is 72.2 Å². The van der Waals surface area contributed by atoms with Crippen molar-refractivity contribution in [3.8, 4) is 0 Å². The fourth-order valence-corrected chi connectivity index (χ4v) is 1.61. The second kappa shape index (κ2) is 7.09. The number of aromatic nitrogens is 3. The first-order valence-electron chi connectivity index (χ1n) is 7.59. The Morgan fingerprint density at radius 1 is 1.32 bits per heavy atom. The fraction of sp³-hybridized carbons (Fsp3) is 0.800. The number of amides is 1. The molecule has 0 aromatic carbocycles. The quantitative estimate of drug-likeness (QED) is 0.869. The largest absolute Gasteiger partial charge is 0.444 e. The first kappa shape index (κ1) is 18.4. The molecule has 0 spiro atoms. The van der Waals surface area contributed by atoms with Crippen LogP contribution in [0.1, 0.15) is 54.2 Å². The molecule has 1 atom stereocenters. The maximum absolute atomic E-state index is 11.6. The highest BCUT2D eigenvalue weighted by molar-refractivity contribution is 5.67. The molecule has 0 saturated heterocycles. The van der Waals surface area contributed by atoms with E-state index in [1.54, 1.807) is 0 Å². The van der Waals surface area contributed by atoms with Gasteiger partial charge in [-0.1, -0.05) is 5.21 Å². The lowest BCUT2D eigenvalue weighted by Gasteiger charge is -2.21. The first-order valence-corrected chi connectivity index (χ1v) is 7.59. The van der Waals surface area contributed by atoms with Gasteiger partial charge in [0.1, 0.15) is 5.60 Å². The van der Waals surface area contributed by atoms with Crippen LogP contribution in [-0.2, 0) is 16.8 Å². The van der Waals surface area contributed by atoms with Gasteiger partial charge in [0.2, 0.25) is 0 Å². The lowest BCUT2D eigenvalue weighted by Crippen LogP contribution is -2.41. The summed E-state index contributed by atoms with van der Waals surface area (Å²) >= 11 is 0. The van der Waals surface area contributed by atoms with Gasteiger partial charge in [0.25, 0.3) is 0 Å². The SMILES string of the molecule is CC(CNC(=O)OC(C)(C)C)NCc1cn(C(C)(C)C)nn1. The van der Waals surface area contributed by atoms with Crippen molar-refractivity contribution in [3.05, 3.63) is 11.9 Å². The van der Waals surface area contributed by atoms with E-state index in [-0.39, 0.29) is 11.6 Å². The number of nitrogens with one attached hydrogen (secondary N) is 2.